The standard InChI is InChI=1S/C18H25N5O3/c1-12(24)19-7-14-4-5-23-16(6-14)15(8-20-23)18(26)22-10-17(25)21(11-22)9-13-2-3-13/h8,13-14H,2-7,9-11H2,1H3,(H,19,24). The van der Waals surface area contributed by atoms with Crippen LogP contribution in [-0.4, -0.2) is 63.6 Å². The van der Waals surface area contributed by atoms with Crippen LogP contribution in [0, 0.1) is 11.8 Å². The Morgan fingerprint density at radius 2 is 2.08 bits per heavy atom. The lowest BCUT2D eigenvalue weighted by atomic mass is 9.94. The number of nitrogens with zero attached hydrogens (tertiary/aromatic N) is 4. The van der Waals surface area contributed by atoms with E-state index in [4.69, 9.17) is 0 Å². The Balaban J connectivity index is 1.44. The zero-order valence-corrected chi connectivity index (χ0v) is 15.1. The Hall–Kier alpha value is -2.38. The van der Waals surface area contributed by atoms with Gasteiger partial charge in [0.25, 0.3) is 5.91 Å². The highest BCUT2D eigenvalue weighted by atomic mass is 16.2. The van der Waals surface area contributed by atoms with E-state index >= 15 is 0 Å². The maximum absolute atomic E-state index is 13.0. The van der Waals surface area contributed by atoms with E-state index in [9.17, 15) is 14.4 Å². The van der Waals surface area contributed by atoms with E-state index in [0.717, 1.165) is 31.6 Å². The number of carbonyl (C=O) groups is 3. The molecule has 1 atom stereocenters. The van der Waals surface area contributed by atoms with Gasteiger partial charge in [-0.2, -0.15) is 5.10 Å². The number of fused-ring (bicyclic) bond motifs is 1. The first kappa shape index (κ1) is 17.1. The van der Waals surface area contributed by atoms with Crippen molar-refractivity contribution in [1.29, 1.82) is 0 Å². The molecule has 1 saturated carbocycles. The van der Waals surface area contributed by atoms with Gasteiger partial charge in [-0.1, -0.05) is 0 Å². The molecule has 1 N–H and O–H groups in total. The van der Waals surface area contributed by atoms with E-state index in [-0.39, 0.29) is 24.3 Å². The van der Waals surface area contributed by atoms with Crippen LogP contribution in [0.1, 0.15) is 42.2 Å². The molecule has 0 spiro atoms. The molecule has 1 unspecified atom stereocenters. The van der Waals surface area contributed by atoms with Gasteiger partial charge in [0.05, 0.1) is 24.1 Å². The van der Waals surface area contributed by atoms with Crippen LogP contribution in [0.5, 0.6) is 0 Å². The third kappa shape index (κ3) is 3.45. The van der Waals surface area contributed by atoms with Crippen molar-refractivity contribution in [3.63, 3.8) is 0 Å². The summed E-state index contributed by atoms with van der Waals surface area (Å²) in [5.41, 5.74) is 1.52. The molecule has 0 aromatic carbocycles. The van der Waals surface area contributed by atoms with Gasteiger partial charge in [-0.15, -0.1) is 0 Å². The van der Waals surface area contributed by atoms with Crippen LogP contribution in [0.25, 0.3) is 0 Å². The molecule has 2 fully saturated rings. The van der Waals surface area contributed by atoms with Gasteiger partial charge >= 0.3 is 0 Å². The summed E-state index contributed by atoms with van der Waals surface area (Å²) in [4.78, 5) is 39.7. The van der Waals surface area contributed by atoms with Crippen LogP contribution in [0.4, 0.5) is 0 Å². The van der Waals surface area contributed by atoms with Crippen LogP contribution in [0.15, 0.2) is 6.20 Å². The minimum absolute atomic E-state index is 0.0354. The number of nitrogens with one attached hydrogen (secondary N) is 1. The molecule has 3 aliphatic rings. The van der Waals surface area contributed by atoms with Crippen molar-refractivity contribution in [2.75, 3.05) is 26.3 Å². The van der Waals surface area contributed by atoms with Crippen molar-refractivity contribution in [2.45, 2.75) is 39.2 Å². The summed E-state index contributed by atoms with van der Waals surface area (Å²) in [5, 5.41) is 7.22. The second kappa shape index (κ2) is 6.74. The molecule has 1 saturated heterocycles. The number of hydrogen-bond acceptors (Lipinski definition) is 4. The Bertz CT molecular complexity index is 739. The molecule has 2 aliphatic heterocycles. The Kier molecular flexibility index (Phi) is 4.42. The maximum Gasteiger partial charge on any atom is 0.259 e. The van der Waals surface area contributed by atoms with E-state index in [1.807, 2.05) is 4.68 Å². The van der Waals surface area contributed by atoms with Crippen LogP contribution < -0.4 is 5.32 Å². The number of aromatic nitrogens is 2. The molecule has 8 nitrogen and oxygen atoms in total. The minimum Gasteiger partial charge on any atom is -0.356 e. The van der Waals surface area contributed by atoms with Crippen molar-refractivity contribution in [1.82, 2.24) is 24.9 Å². The van der Waals surface area contributed by atoms with Crippen molar-refractivity contribution >= 4 is 17.7 Å². The summed E-state index contributed by atoms with van der Waals surface area (Å²) >= 11 is 0. The largest absolute Gasteiger partial charge is 0.356 e. The molecule has 26 heavy (non-hydrogen) atoms. The highest BCUT2D eigenvalue weighted by Gasteiger charge is 2.36. The fraction of sp³-hybridized carbons (Fsp3) is 0.667. The topological polar surface area (TPSA) is 87.5 Å². The normalized spacial score (nSPS) is 22.5. The van der Waals surface area contributed by atoms with Gasteiger partial charge in [0, 0.05) is 26.6 Å². The Morgan fingerprint density at radius 1 is 1.27 bits per heavy atom. The number of hydrogen-bond donors (Lipinski definition) is 1. The molecule has 3 amide bonds. The van der Waals surface area contributed by atoms with Crippen molar-refractivity contribution in [3.8, 4) is 0 Å². The molecular weight excluding hydrogens is 334 g/mol. The molecular formula is C18H25N5O3. The van der Waals surface area contributed by atoms with Gasteiger partial charge in [-0.25, -0.2) is 0 Å². The second-order valence-corrected chi connectivity index (χ2v) is 7.73. The van der Waals surface area contributed by atoms with Crippen LogP contribution in [-0.2, 0) is 22.6 Å². The quantitative estimate of drug-likeness (QED) is 0.815. The zero-order valence-electron chi connectivity index (χ0n) is 15.1. The number of rotatable bonds is 5. The lowest BCUT2D eigenvalue weighted by Crippen LogP contribution is -2.34. The van der Waals surface area contributed by atoms with Gasteiger partial charge < -0.3 is 15.1 Å². The Morgan fingerprint density at radius 3 is 2.81 bits per heavy atom. The SMILES string of the molecule is CC(=O)NCC1CCn2ncc(C(=O)N3CC(=O)N(CC4CC4)C3)c2C1. The number of aryl methyl sites for hydroxylation is 1. The highest BCUT2D eigenvalue weighted by molar-refractivity contribution is 5.98. The second-order valence-electron chi connectivity index (χ2n) is 7.73. The zero-order chi connectivity index (χ0) is 18.3. The maximum atomic E-state index is 13.0. The summed E-state index contributed by atoms with van der Waals surface area (Å²) in [6, 6.07) is 0. The molecule has 0 bridgehead atoms. The molecule has 8 heteroatoms. The summed E-state index contributed by atoms with van der Waals surface area (Å²) in [6.45, 7) is 4.19. The van der Waals surface area contributed by atoms with Gasteiger partial charge in [0.1, 0.15) is 6.54 Å². The predicted octanol–water partition coefficient (Wildman–Crippen LogP) is 0.233. The first-order valence-electron chi connectivity index (χ1n) is 9.37. The number of amides is 3. The van der Waals surface area contributed by atoms with Crippen molar-refractivity contribution in [3.05, 3.63) is 17.5 Å². The minimum atomic E-state index is -0.113. The van der Waals surface area contributed by atoms with E-state index in [1.165, 1.54) is 19.8 Å². The monoisotopic (exact) mass is 359 g/mol. The molecule has 3 heterocycles. The fourth-order valence-corrected chi connectivity index (χ4v) is 3.82. The van der Waals surface area contributed by atoms with Crippen molar-refractivity contribution < 1.29 is 14.4 Å². The summed E-state index contributed by atoms with van der Waals surface area (Å²) in [7, 11) is 0. The average molecular weight is 359 g/mol. The van der Waals surface area contributed by atoms with E-state index < -0.39 is 0 Å². The van der Waals surface area contributed by atoms with Crippen LogP contribution in [0.2, 0.25) is 0 Å². The van der Waals surface area contributed by atoms with E-state index in [0.29, 0.717) is 30.6 Å². The molecule has 0 radical (unpaired) electrons. The number of carbonyl (C=O) groups excluding carboxylic acids is 3. The van der Waals surface area contributed by atoms with Gasteiger partial charge in [0.15, 0.2) is 0 Å². The van der Waals surface area contributed by atoms with Crippen LogP contribution in [0.3, 0.4) is 0 Å². The van der Waals surface area contributed by atoms with E-state index in [1.54, 1.807) is 16.0 Å². The highest BCUT2D eigenvalue weighted by Crippen LogP contribution is 2.31. The summed E-state index contributed by atoms with van der Waals surface area (Å²) in [5.74, 6) is 0.813. The van der Waals surface area contributed by atoms with Gasteiger partial charge in [0.2, 0.25) is 11.8 Å². The van der Waals surface area contributed by atoms with Gasteiger partial charge in [-0.05, 0) is 37.5 Å². The fourth-order valence-electron chi connectivity index (χ4n) is 3.82. The average Bonchev–Trinajstić information content (AvgIpc) is 3.21. The molecule has 140 valence electrons. The smallest absolute Gasteiger partial charge is 0.259 e. The lowest BCUT2D eigenvalue weighted by Gasteiger charge is -2.25. The first-order valence-corrected chi connectivity index (χ1v) is 9.37. The lowest BCUT2D eigenvalue weighted by molar-refractivity contribution is -0.126. The molecule has 1 aliphatic carbocycles. The third-order valence-corrected chi connectivity index (χ3v) is 5.53. The van der Waals surface area contributed by atoms with Gasteiger partial charge in [-0.3, -0.25) is 19.1 Å². The summed E-state index contributed by atoms with van der Waals surface area (Å²) < 4.78 is 1.89. The Labute approximate surface area is 152 Å². The predicted molar refractivity (Wildman–Crippen MR) is 93.1 cm³/mol. The molecule has 1 aromatic heterocycles. The third-order valence-electron chi connectivity index (χ3n) is 5.53. The van der Waals surface area contributed by atoms with Crippen molar-refractivity contribution in [2.24, 2.45) is 11.8 Å². The summed E-state index contributed by atoms with van der Waals surface area (Å²) in [6.07, 6.45) is 5.65. The molecule has 4 rings (SSSR count). The van der Waals surface area contributed by atoms with Crippen LogP contribution >= 0.6 is 0 Å². The van der Waals surface area contributed by atoms with E-state index in [2.05, 4.69) is 10.4 Å². The first-order chi connectivity index (χ1) is 12.5. The molecule has 1 aromatic rings.